The summed E-state index contributed by atoms with van der Waals surface area (Å²) in [5.41, 5.74) is 5.16. The summed E-state index contributed by atoms with van der Waals surface area (Å²) >= 11 is 0. The van der Waals surface area contributed by atoms with Crippen LogP contribution in [0.3, 0.4) is 0 Å². The molecule has 1 atom stereocenters. The van der Waals surface area contributed by atoms with Gasteiger partial charge in [0.15, 0.2) is 0 Å². The second-order valence-corrected chi connectivity index (χ2v) is 4.02. The first kappa shape index (κ1) is 10.5. The largest absolute Gasteiger partial charge is 0.368 e. The van der Waals surface area contributed by atoms with Gasteiger partial charge >= 0.3 is 0 Å². The van der Waals surface area contributed by atoms with Gasteiger partial charge in [0.1, 0.15) is 0 Å². The molecule has 13 heavy (non-hydrogen) atoms. The molecule has 1 unspecified atom stereocenters. The molecule has 0 aliphatic carbocycles. The number of primary amides is 1. The number of unbranched alkanes of at least 4 members (excludes halogenated alkanes) is 1. The van der Waals surface area contributed by atoms with E-state index < -0.39 is 0 Å². The number of likely N-dealkylation sites (N-methyl/N-ethyl adjacent to an activating group) is 1. The van der Waals surface area contributed by atoms with Crippen molar-refractivity contribution in [3.63, 3.8) is 0 Å². The van der Waals surface area contributed by atoms with Crippen LogP contribution in [0.5, 0.6) is 0 Å². The van der Waals surface area contributed by atoms with Crippen LogP contribution >= 0.6 is 0 Å². The first-order chi connectivity index (χ1) is 6.13. The summed E-state index contributed by atoms with van der Waals surface area (Å²) in [6, 6.07) is 0. The Hall–Kier alpha value is -0.570. The number of likely N-dealkylation sites (tertiary alicyclic amines) is 1. The van der Waals surface area contributed by atoms with Gasteiger partial charge in [0, 0.05) is 0 Å². The lowest BCUT2D eigenvalue weighted by Gasteiger charge is -2.32. The number of nitrogens with zero attached hydrogens (tertiary/aromatic N) is 1. The van der Waals surface area contributed by atoms with Crippen LogP contribution in [0.25, 0.3) is 0 Å². The highest BCUT2D eigenvalue weighted by Crippen LogP contribution is 2.32. The summed E-state index contributed by atoms with van der Waals surface area (Å²) < 4.78 is 0. The molecule has 1 aliphatic rings. The molecular weight excluding hydrogens is 164 g/mol. The predicted octanol–water partition coefficient (Wildman–Crippen LogP) is 1.13. The highest BCUT2D eigenvalue weighted by atomic mass is 16.1. The Labute approximate surface area is 80.3 Å². The standard InChI is InChI=1S/C10H20N2O/c1-3-4-6-10(9(11)13)7-5-8-12(10)2/h3-8H2,1-2H3,(H2,11,13). The second-order valence-electron chi connectivity index (χ2n) is 4.02. The van der Waals surface area contributed by atoms with Gasteiger partial charge in [-0.05, 0) is 32.9 Å². The van der Waals surface area contributed by atoms with Crippen molar-refractivity contribution < 1.29 is 4.79 Å². The number of nitrogens with two attached hydrogens (primary N) is 1. The lowest BCUT2D eigenvalue weighted by Crippen LogP contribution is -2.52. The molecule has 1 aliphatic heterocycles. The number of hydrogen-bond acceptors (Lipinski definition) is 2. The van der Waals surface area contributed by atoms with E-state index in [2.05, 4.69) is 11.8 Å². The molecule has 1 rings (SSSR count). The van der Waals surface area contributed by atoms with Crippen molar-refractivity contribution in [3.8, 4) is 0 Å². The van der Waals surface area contributed by atoms with E-state index in [-0.39, 0.29) is 11.4 Å². The van der Waals surface area contributed by atoms with Gasteiger partial charge in [-0.2, -0.15) is 0 Å². The normalized spacial score (nSPS) is 29.4. The van der Waals surface area contributed by atoms with Gasteiger partial charge in [0.05, 0.1) is 5.54 Å². The number of hydrogen-bond donors (Lipinski definition) is 1. The highest BCUT2D eigenvalue weighted by Gasteiger charge is 2.43. The molecule has 76 valence electrons. The minimum absolute atomic E-state index is 0.138. The Morgan fingerprint density at radius 1 is 1.62 bits per heavy atom. The van der Waals surface area contributed by atoms with Crippen LogP contribution in [0.4, 0.5) is 0 Å². The summed E-state index contributed by atoms with van der Waals surface area (Å²) in [6.45, 7) is 3.15. The minimum Gasteiger partial charge on any atom is -0.368 e. The summed E-state index contributed by atoms with van der Waals surface area (Å²) in [7, 11) is 2.01. The fourth-order valence-corrected chi connectivity index (χ4v) is 2.23. The van der Waals surface area contributed by atoms with Crippen LogP contribution in [0.15, 0.2) is 0 Å². The van der Waals surface area contributed by atoms with Crippen molar-refractivity contribution >= 4 is 5.91 Å². The number of rotatable bonds is 4. The average Bonchev–Trinajstić information content (AvgIpc) is 2.45. The van der Waals surface area contributed by atoms with Gasteiger partial charge in [0.25, 0.3) is 0 Å². The zero-order valence-corrected chi connectivity index (χ0v) is 8.68. The third-order valence-electron chi connectivity index (χ3n) is 3.22. The van der Waals surface area contributed by atoms with Crippen LogP contribution in [-0.2, 0) is 4.79 Å². The van der Waals surface area contributed by atoms with Gasteiger partial charge in [-0.3, -0.25) is 9.69 Å². The van der Waals surface area contributed by atoms with Crippen LogP contribution < -0.4 is 5.73 Å². The van der Waals surface area contributed by atoms with E-state index in [1.54, 1.807) is 0 Å². The number of carbonyl (C=O) groups excluding carboxylic acids is 1. The monoisotopic (exact) mass is 184 g/mol. The van der Waals surface area contributed by atoms with Gasteiger partial charge in [-0.15, -0.1) is 0 Å². The molecule has 0 radical (unpaired) electrons. The van der Waals surface area contributed by atoms with E-state index in [4.69, 9.17) is 5.73 Å². The fourth-order valence-electron chi connectivity index (χ4n) is 2.23. The Morgan fingerprint density at radius 2 is 2.31 bits per heavy atom. The first-order valence-electron chi connectivity index (χ1n) is 5.14. The van der Waals surface area contributed by atoms with Gasteiger partial charge in [-0.25, -0.2) is 0 Å². The van der Waals surface area contributed by atoms with Crippen molar-refractivity contribution in [2.75, 3.05) is 13.6 Å². The predicted molar refractivity (Wildman–Crippen MR) is 53.3 cm³/mol. The van der Waals surface area contributed by atoms with Gasteiger partial charge < -0.3 is 5.73 Å². The number of amides is 1. The van der Waals surface area contributed by atoms with Crippen molar-refractivity contribution in [1.29, 1.82) is 0 Å². The van der Waals surface area contributed by atoms with E-state index in [0.29, 0.717) is 0 Å². The molecule has 1 saturated heterocycles. The summed E-state index contributed by atoms with van der Waals surface area (Å²) in [4.78, 5) is 13.6. The molecule has 2 N–H and O–H groups in total. The zero-order chi connectivity index (χ0) is 9.90. The maximum Gasteiger partial charge on any atom is 0.237 e. The van der Waals surface area contributed by atoms with Crippen molar-refractivity contribution in [2.45, 2.75) is 44.6 Å². The van der Waals surface area contributed by atoms with Crippen molar-refractivity contribution in [2.24, 2.45) is 5.73 Å². The Bertz CT molecular complexity index is 193. The molecule has 0 saturated carbocycles. The Morgan fingerprint density at radius 3 is 2.69 bits per heavy atom. The van der Waals surface area contributed by atoms with E-state index in [0.717, 1.165) is 38.6 Å². The van der Waals surface area contributed by atoms with Crippen LogP contribution in [0.2, 0.25) is 0 Å². The van der Waals surface area contributed by atoms with Gasteiger partial charge in [-0.1, -0.05) is 19.8 Å². The van der Waals surface area contributed by atoms with Gasteiger partial charge in [0.2, 0.25) is 5.91 Å². The quantitative estimate of drug-likeness (QED) is 0.712. The van der Waals surface area contributed by atoms with Crippen molar-refractivity contribution in [1.82, 2.24) is 4.90 Å². The Kier molecular flexibility index (Phi) is 3.31. The molecule has 0 aromatic carbocycles. The first-order valence-corrected chi connectivity index (χ1v) is 5.14. The highest BCUT2D eigenvalue weighted by molar-refractivity contribution is 5.84. The van der Waals surface area contributed by atoms with Crippen molar-refractivity contribution in [3.05, 3.63) is 0 Å². The van der Waals surface area contributed by atoms with Crippen LogP contribution in [-0.4, -0.2) is 29.9 Å². The summed E-state index contributed by atoms with van der Waals surface area (Å²) in [5.74, 6) is -0.138. The fraction of sp³-hybridized carbons (Fsp3) is 0.900. The smallest absolute Gasteiger partial charge is 0.237 e. The lowest BCUT2D eigenvalue weighted by atomic mass is 9.89. The van der Waals surface area contributed by atoms with E-state index >= 15 is 0 Å². The molecule has 3 heteroatoms. The molecule has 0 aromatic heterocycles. The van der Waals surface area contributed by atoms with Crippen LogP contribution in [0, 0.1) is 0 Å². The maximum absolute atomic E-state index is 11.4. The van der Waals surface area contributed by atoms with Crippen LogP contribution in [0.1, 0.15) is 39.0 Å². The second kappa shape index (κ2) is 4.09. The average molecular weight is 184 g/mol. The summed E-state index contributed by atoms with van der Waals surface area (Å²) in [5, 5.41) is 0. The molecule has 3 nitrogen and oxygen atoms in total. The third-order valence-corrected chi connectivity index (χ3v) is 3.22. The zero-order valence-electron chi connectivity index (χ0n) is 8.68. The molecule has 0 aromatic rings. The maximum atomic E-state index is 11.4. The van der Waals surface area contributed by atoms with E-state index in [9.17, 15) is 4.79 Å². The van der Waals surface area contributed by atoms with E-state index in [1.165, 1.54) is 0 Å². The molecule has 0 spiro atoms. The molecule has 1 fully saturated rings. The topological polar surface area (TPSA) is 46.3 Å². The third kappa shape index (κ3) is 1.85. The molecular formula is C10H20N2O. The molecule has 0 bridgehead atoms. The Balaban J connectivity index is 2.68. The number of carbonyl (C=O) groups is 1. The van der Waals surface area contributed by atoms with E-state index in [1.807, 2.05) is 7.05 Å². The SMILES string of the molecule is CCCCC1(C(N)=O)CCCN1C. The lowest BCUT2D eigenvalue weighted by molar-refractivity contribution is -0.128. The summed E-state index contributed by atoms with van der Waals surface area (Å²) in [6.07, 6.45) is 5.19. The minimum atomic E-state index is -0.323. The molecule has 1 heterocycles. The molecule has 1 amide bonds.